The van der Waals surface area contributed by atoms with Crippen molar-refractivity contribution in [3.63, 3.8) is 0 Å². The molecule has 0 bridgehead atoms. The largest absolute Gasteiger partial charge is 0.488 e. The van der Waals surface area contributed by atoms with Crippen LogP contribution in [0.4, 0.5) is 0 Å². The van der Waals surface area contributed by atoms with Crippen molar-refractivity contribution >= 4 is 29.9 Å². The molecule has 1 aromatic rings. The fraction of sp³-hybridized carbons (Fsp3) is 0.682. The summed E-state index contributed by atoms with van der Waals surface area (Å²) < 4.78 is 6.09. The normalized spacial score (nSPS) is 20.6. The van der Waals surface area contributed by atoms with Gasteiger partial charge in [0.25, 0.3) is 0 Å². The predicted octanol–water partition coefficient (Wildman–Crippen LogP) is 4.02. The van der Waals surface area contributed by atoms with Gasteiger partial charge in [-0.25, -0.2) is 4.99 Å². The lowest BCUT2D eigenvalue weighted by molar-refractivity contribution is 0.129. The van der Waals surface area contributed by atoms with Crippen molar-refractivity contribution < 1.29 is 4.74 Å². The van der Waals surface area contributed by atoms with Crippen LogP contribution in [0.1, 0.15) is 52.5 Å². The Morgan fingerprint density at radius 3 is 2.61 bits per heavy atom. The molecule has 1 atom stereocenters. The molecule has 0 spiro atoms. The van der Waals surface area contributed by atoms with E-state index in [1.54, 1.807) is 0 Å². The fourth-order valence-corrected chi connectivity index (χ4v) is 3.61. The maximum atomic E-state index is 6.09. The van der Waals surface area contributed by atoms with E-state index in [0.29, 0.717) is 6.54 Å². The van der Waals surface area contributed by atoms with Gasteiger partial charge in [-0.1, -0.05) is 18.2 Å². The average molecular weight is 500 g/mol. The lowest BCUT2D eigenvalue weighted by atomic mass is 10.1. The van der Waals surface area contributed by atoms with E-state index in [2.05, 4.69) is 49.3 Å². The van der Waals surface area contributed by atoms with Crippen LogP contribution in [0.5, 0.6) is 5.75 Å². The Labute approximate surface area is 187 Å². The Balaban J connectivity index is 0.00000280. The zero-order valence-electron chi connectivity index (χ0n) is 17.8. The summed E-state index contributed by atoms with van der Waals surface area (Å²) in [6, 6.07) is 9.08. The molecule has 0 aromatic heterocycles. The molecule has 3 rings (SSSR count). The molecule has 1 heterocycles. The highest BCUT2D eigenvalue weighted by atomic mass is 127. The van der Waals surface area contributed by atoms with Gasteiger partial charge >= 0.3 is 0 Å². The molecule has 2 fully saturated rings. The molecule has 1 aliphatic heterocycles. The van der Waals surface area contributed by atoms with Crippen LogP contribution in [0.3, 0.4) is 0 Å². The first kappa shape index (κ1) is 23.3. The van der Waals surface area contributed by atoms with Crippen molar-refractivity contribution in [3.05, 3.63) is 29.8 Å². The second kappa shape index (κ2) is 10.7. The highest BCUT2D eigenvalue weighted by Crippen LogP contribution is 2.31. The lowest BCUT2D eigenvalue weighted by Gasteiger charge is -2.23. The second-order valence-corrected chi connectivity index (χ2v) is 8.78. The summed E-state index contributed by atoms with van der Waals surface area (Å²) in [7, 11) is 0. The summed E-state index contributed by atoms with van der Waals surface area (Å²) in [6.45, 7) is 13.3. The molecule has 1 aliphatic carbocycles. The van der Waals surface area contributed by atoms with Crippen LogP contribution < -0.4 is 15.4 Å². The standard InChI is InChI=1S/C22H36N4O.HI/c1-5-23-21(24-14-17-12-13-26(16-17)19-10-11-19)25-15-18-8-6-7-9-20(18)27-22(2,3)4;/h6-9,17,19H,5,10-16H2,1-4H3,(H2,23,24,25);1H. The monoisotopic (exact) mass is 500 g/mol. The van der Waals surface area contributed by atoms with Gasteiger partial charge in [0.15, 0.2) is 5.96 Å². The first-order valence-corrected chi connectivity index (χ1v) is 10.5. The van der Waals surface area contributed by atoms with Crippen molar-refractivity contribution in [3.8, 4) is 5.75 Å². The molecule has 158 valence electrons. The van der Waals surface area contributed by atoms with Gasteiger partial charge in [-0.3, -0.25) is 0 Å². The van der Waals surface area contributed by atoms with Crippen molar-refractivity contribution in [2.24, 2.45) is 10.9 Å². The van der Waals surface area contributed by atoms with Crippen LogP contribution in [0.15, 0.2) is 29.3 Å². The molecule has 1 unspecified atom stereocenters. The summed E-state index contributed by atoms with van der Waals surface area (Å²) >= 11 is 0. The van der Waals surface area contributed by atoms with Crippen LogP contribution in [0.25, 0.3) is 0 Å². The quantitative estimate of drug-likeness (QED) is 0.338. The molecule has 1 saturated carbocycles. The summed E-state index contributed by atoms with van der Waals surface area (Å²) in [5, 5.41) is 6.93. The Bertz CT molecular complexity index is 640. The van der Waals surface area contributed by atoms with Gasteiger partial charge in [-0.15, -0.1) is 24.0 Å². The van der Waals surface area contributed by atoms with E-state index < -0.39 is 0 Å². The number of aliphatic imine (C=N–C) groups is 1. The van der Waals surface area contributed by atoms with Crippen molar-refractivity contribution in [1.82, 2.24) is 15.5 Å². The number of likely N-dealkylation sites (tertiary alicyclic amines) is 1. The number of halogens is 1. The number of nitrogens with zero attached hydrogens (tertiary/aromatic N) is 2. The van der Waals surface area contributed by atoms with Gasteiger partial charge < -0.3 is 20.3 Å². The molecule has 1 saturated heterocycles. The molecule has 2 N–H and O–H groups in total. The van der Waals surface area contributed by atoms with Crippen LogP contribution in [-0.4, -0.2) is 48.7 Å². The average Bonchev–Trinajstić information content (AvgIpc) is 3.36. The molecule has 6 heteroatoms. The number of nitrogens with one attached hydrogen (secondary N) is 2. The summed E-state index contributed by atoms with van der Waals surface area (Å²) in [6.07, 6.45) is 4.10. The van der Waals surface area contributed by atoms with Gasteiger partial charge in [-0.2, -0.15) is 0 Å². The van der Waals surface area contributed by atoms with Crippen molar-refractivity contribution in [1.29, 1.82) is 0 Å². The van der Waals surface area contributed by atoms with E-state index >= 15 is 0 Å². The first-order valence-electron chi connectivity index (χ1n) is 10.5. The maximum Gasteiger partial charge on any atom is 0.191 e. The van der Waals surface area contributed by atoms with Gasteiger partial charge in [0.1, 0.15) is 11.4 Å². The number of hydrogen-bond donors (Lipinski definition) is 2. The second-order valence-electron chi connectivity index (χ2n) is 8.78. The van der Waals surface area contributed by atoms with Gasteiger partial charge in [0.05, 0.1) is 6.54 Å². The third-order valence-corrected chi connectivity index (χ3v) is 5.08. The third kappa shape index (κ3) is 7.43. The van der Waals surface area contributed by atoms with E-state index in [4.69, 9.17) is 9.73 Å². The molecule has 5 nitrogen and oxygen atoms in total. The fourth-order valence-electron chi connectivity index (χ4n) is 3.61. The zero-order valence-corrected chi connectivity index (χ0v) is 20.2. The van der Waals surface area contributed by atoms with E-state index in [1.807, 2.05) is 18.2 Å². The SMILES string of the molecule is CCNC(=NCc1ccccc1OC(C)(C)C)NCC1CCN(C2CC2)C1.I. The number of ether oxygens (including phenoxy) is 1. The minimum atomic E-state index is -0.210. The summed E-state index contributed by atoms with van der Waals surface area (Å²) in [5.74, 6) is 2.54. The topological polar surface area (TPSA) is 48.9 Å². The number of guanidine groups is 1. The molecule has 28 heavy (non-hydrogen) atoms. The van der Waals surface area contributed by atoms with Crippen LogP contribution >= 0.6 is 24.0 Å². The molecular formula is C22H37IN4O. The van der Waals surface area contributed by atoms with Gasteiger partial charge in [0.2, 0.25) is 0 Å². The Morgan fingerprint density at radius 2 is 1.93 bits per heavy atom. The lowest BCUT2D eigenvalue weighted by Crippen LogP contribution is -2.40. The van der Waals surface area contributed by atoms with E-state index in [0.717, 1.165) is 42.3 Å². The van der Waals surface area contributed by atoms with Crippen LogP contribution in [0, 0.1) is 5.92 Å². The van der Waals surface area contributed by atoms with Crippen LogP contribution in [0.2, 0.25) is 0 Å². The minimum Gasteiger partial charge on any atom is -0.488 e. The van der Waals surface area contributed by atoms with Crippen molar-refractivity contribution in [2.45, 2.75) is 65.1 Å². The molecule has 0 radical (unpaired) electrons. The van der Waals surface area contributed by atoms with Crippen LogP contribution in [-0.2, 0) is 6.54 Å². The molecule has 1 aromatic carbocycles. The van der Waals surface area contributed by atoms with E-state index in [9.17, 15) is 0 Å². The Kier molecular flexibility index (Phi) is 8.86. The summed E-state index contributed by atoms with van der Waals surface area (Å²) in [5.41, 5.74) is 0.906. The number of benzene rings is 1. The van der Waals surface area contributed by atoms with E-state index in [-0.39, 0.29) is 29.6 Å². The summed E-state index contributed by atoms with van der Waals surface area (Å²) in [4.78, 5) is 7.47. The zero-order chi connectivity index (χ0) is 19.3. The number of rotatable bonds is 7. The van der Waals surface area contributed by atoms with Gasteiger partial charge in [-0.05, 0) is 65.5 Å². The molecular weight excluding hydrogens is 463 g/mol. The highest BCUT2D eigenvalue weighted by Gasteiger charge is 2.34. The van der Waals surface area contributed by atoms with Gasteiger partial charge in [0, 0.05) is 31.2 Å². The number of para-hydroxylation sites is 1. The number of hydrogen-bond acceptors (Lipinski definition) is 3. The predicted molar refractivity (Wildman–Crippen MR) is 128 cm³/mol. The Morgan fingerprint density at radius 1 is 1.18 bits per heavy atom. The maximum absolute atomic E-state index is 6.09. The highest BCUT2D eigenvalue weighted by molar-refractivity contribution is 14.0. The third-order valence-electron chi connectivity index (χ3n) is 5.08. The smallest absolute Gasteiger partial charge is 0.191 e. The van der Waals surface area contributed by atoms with E-state index in [1.165, 1.54) is 32.4 Å². The van der Waals surface area contributed by atoms with Crippen molar-refractivity contribution in [2.75, 3.05) is 26.2 Å². The first-order chi connectivity index (χ1) is 12.9. The molecule has 0 amide bonds. The Hall–Kier alpha value is -1.02. The molecule has 2 aliphatic rings. The minimum absolute atomic E-state index is 0.